The van der Waals surface area contributed by atoms with E-state index in [1.807, 2.05) is 31.3 Å². The maximum absolute atomic E-state index is 13.8. The third-order valence-electron chi connectivity index (χ3n) is 3.46. The monoisotopic (exact) mass is 287 g/mol. The van der Waals surface area contributed by atoms with Gasteiger partial charge in [-0.15, -0.1) is 0 Å². The Balaban J connectivity index is 2.10. The van der Waals surface area contributed by atoms with Gasteiger partial charge in [-0.25, -0.2) is 13.8 Å². The minimum atomic E-state index is -0.914. The molecule has 0 aliphatic heterocycles. The number of aromatic amines is 1. The zero-order valence-corrected chi connectivity index (χ0v) is 11.6. The molecule has 0 atom stereocenters. The van der Waals surface area contributed by atoms with Crippen molar-refractivity contribution in [3.63, 3.8) is 0 Å². The Morgan fingerprint density at radius 2 is 1.95 bits per heavy atom. The van der Waals surface area contributed by atoms with Crippen molar-refractivity contribution in [2.24, 2.45) is 0 Å². The van der Waals surface area contributed by atoms with Crippen LogP contribution >= 0.6 is 0 Å². The number of rotatable bonds is 4. The van der Waals surface area contributed by atoms with E-state index >= 15 is 0 Å². The summed E-state index contributed by atoms with van der Waals surface area (Å²) in [6, 6.07) is 10.4. The van der Waals surface area contributed by atoms with Crippen LogP contribution in [0.1, 0.15) is 5.56 Å². The molecule has 0 amide bonds. The second-order valence-corrected chi connectivity index (χ2v) is 4.85. The minimum absolute atomic E-state index is 0.0356. The molecule has 0 fully saturated rings. The Morgan fingerprint density at radius 3 is 2.76 bits per heavy atom. The number of nitrogens with one attached hydrogen (secondary N) is 2. The third-order valence-corrected chi connectivity index (χ3v) is 3.46. The van der Waals surface area contributed by atoms with Crippen LogP contribution in [0.3, 0.4) is 0 Å². The Morgan fingerprint density at radius 1 is 1.14 bits per heavy atom. The normalized spacial score (nSPS) is 11.2. The van der Waals surface area contributed by atoms with Crippen molar-refractivity contribution in [2.75, 3.05) is 13.6 Å². The van der Waals surface area contributed by atoms with E-state index in [1.54, 1.807) is 0 Å². The Labute approximate surface area is 121 Å². The van der Waals surface area contributed by atoms with Crippen molar-refractivity contribution in [2.45, 2.75) is 6.42 Å². The molecule has 0 bridgehead atoms. The molecule has 2 aromatic carbocycles. The summed E-state index contributed by atoms with van der Waals surface area (Å²) in [5, 5.41) is 3.10. The second-order valence-electron chi connectivity index (χ2n) is 4.85. The molecule has 108 valence electrons. The maximum Gasteiger partial charge on any atom is 0.186 e. The molecule has 0 unspecified atom stereocenters. The molecule has 1 heterocycles. The van der Waals surface area contributed by atoms with E-state index in [0.717, 1.165) is 30.2 Å². The first-order chi connectivity index (χ1) is 10.2. The molecule has 0 saturated carbocycles. The van der Waals surface area contributed by atoms with Crippen LogP contribution in [0, 0.1) is 11.6 Å². The smallest absolute Gasteiger partial charge is 0.186 e. The van der Waals surface area contributed by atoms with Crippen LogP contribution in [0.25, 0.3) is 22.4 Å². The number of imidazole rings is 1. The summed E-state index contributed by atoms with van der Waals surface area (Å²) in [6.07, 6.45) is 0.834. The van der Waals surface area contributed by atoms with Crippen LogP contribution < -0.4 is 5.32 Å². The summed E-state index contributed by atoms with van der Waals surface area (Å²) in [7, 11) is 1.89. The van der Waals surface area contributed by atoms with E-state index in [-0.39, 0.29) is 5.52 Å². The van der Waals surface area contributed by atoms with Crippen LogP contribution in [-0.4, -0.2) is 23.6 Å². The minimum Gasteiger partial charge on any atom is -0.338 e. The van der Waals surface area contributed by atoms with Crippen molar-refractivity contribution >= 4 is 11.0 Å². The van der Waals surface area contributed by atoms with Crippen molar-refractivity contribution in [3.05, 3.63) is 53.6 Å². The molecule has 3 rings (SSSR count). The topological polar surface area (TPSA) is 40.7 Å². The third kappa shape index (κ3) is 2.52. The molecular weight excluding hydrogens is 272 g/mol. The number of halogens is 2. The largest absolute Gasteiger partial charge is 0.338 e. The highest BCUT2D eigenvalue weighted by Crippen LogP contribution is 2.26. The lowest BCUT2D eigenvalue weighted by Gasteiger charge is -2.06. The van der Waals surface area contributed by atoms with E-state index in [0.29, 0.717) is 11.3 Å². The van der Waals surface area contributed by atoms with Gasteiger partial charge in [0.05, 0.1) is 5.52 Å². The van der Waals surface area contributed by atoms with E-state index in [1.165, 1.54) is 6.07 Å². The average molecular weight is 287 g/mol. The van der Waals surface area contributed by atoms with Gasteiger partial charge in [-0.05, 0) is 37.7 Å². The number of aromatic nitrogens is 2. The summed E-state index contributed by atoms with van der Waals surface area (Å²) in [6.45, 7) is 0.834. The highest BCUT2D eigenvalue weighted by molar-refractivity contribution is 5.80. The molecule has 2 N–H and O–H groups in total. The van der Waals surface area contributed by atoms with E-state index in [4.69, 9.17) is 0 Å². The van der Waals surface area contributed by atoms with Gasteiger partial charge in [0.25, 0.3) is 0 Å². The quantitative estimate of drug-likeness (QED) is 0.773. The molecule has 3 aromatic rings. The number of nitrogens with zero attached hydrogens (tertiary/aromatic N) is 1. The lowest BCUT2D eigenvalue weighted by molar-refractivity contribution is 0.515. The molecule has 5 heteroatoms. The van der Waals surface area contributed by atoms with Crippen molar-refractivity contribution in [1.82, 2.24) is 15.3 Å². The Kier molecular flexibility index (Phi) is 3.66. The van der Waals surface area contributed by atoms with Crippen LogP contribution in [-0.2, 0) is 6.42 Å². The number of hydrogen-bond acceptors (Lipinski definition) is 2. The van der Waals surface area contributed by atoms with Crippen molar-refractivity contribution in [3.8, 4) is 11.4 Å². The van der Waals surface area contributed by atoms with Gasteiger partial charge in [-0.2, -0.15) is 0 Å². The molecule has 0 spiro atoms. The number of benzene rings is 2. The predicted octanol–water partition coefficient (Wildman–Crippen LogP) is 3.27. The van der Waals surface area contributed by atoms with Crippen LogP contribution in [0.4, 0.5) is 8.78 Å². The van der Waals surface area contributed by atoms with Gasteiger partial charge in [0.1, 0.15) is 11.3 Å². The second kappa shape index (κ2) is 5.61. The molecule has 21 heavy (non-hydrogen) atoms. The van der Waals surface area contributed by atoms with Gasteiger partial charge in [-0.1, -0.05) is 24.3 Å². The van der Waals surface area contributed by atoms with Crippen LogP contribution in [0.5, 0.6) is 0 Å². The van der Waals surface area contributed by atoms with E-state index in [9.17, 15) is 8.78 Å². The molecule has 3 nitrogen and oxygen atoms in total. The molecule has 0 aliphatic rings. The first kappa shape index (κ1) is 13.7. The van der Waals surface area contributed by atoms with Gasteiger partial charge < -0.3 is 10.3 Å². The van der Waals surface area contributed by atoms with Crippen molar-refractivity contribution in [1.29, 1.82) is 0 Å². The fourth-order valence-corrected chi connectivity index (χ4v) is 2.37. The number of fused-ring (bicyclic) bond motifs is 1. The SMILES string of the molecule is CNCCc1ccccc1-c1nc2c(F)c(F)ccc2[nH]1. The molecule has 0 aliphatic carbocycles. The zero-order chi connectivity index (χ0) is 14.8. The molecular formula is C16H15F2N3. The predicted molar refractivity (Wildman–Crippen MR) is 79.1 cm³/mol. The summed E-state index contributed by atoms with van der Waals surface area (Å²) in [5.41, 5.74) is 2.54. The van der Waals surface area contributed by atoms with Crippen LogP contribution in [0.15, 0.2) is 36.4 Å². The number of likely N-dealkylation sites (N-methyl/N-ethyl adjacent to an activating group) is 1. The van der Waals surface area contributed by atoms with Crippen molar-refractivity contribution < 1.29 is 8.78 Å². The fourth-order valence-electron chi connectivity index (χ4n) is 2.37. The van der Waals surface area contributed by atoms with E-state index < -0.39 is 11.6 Å². The lowest BCUT2D eigenvalue weighted by atomic mass is 10.0. The summed E-state index contributed by atoms with van der Waals surface area (Å²) < 4.78 is 27.0. The van der Waals surface area contributed by atoms with Crippen LogP contribution in [0.2, 0.25) is 0 Å². The number of hydrogen-bond donors (Lipinski definition) is 2. The highest BCUT2D eigenvalue weighted by atomic mass is 19.2. The molecule has 0 saturated heterocycles. The average Bonchev–Trinajstić information content (AvgIpc) is 2.94. The first-order valence-electron chi connectivity index (χ1n) is 6.77. The maximum atomic E-state index is 13.8. The Bertz CT molecular complexity index is 780. The van der Waals surface area contributed by atoms with E-state index in [2.05, 4.69) is 15.3 Å². The first-order valence-corrected chi connectivity index (χ1v) is 6.77. The fraction of sp³-hybridized carbons (Fsp3) is 0.188. The highest BCUT2D eigenvalue weighted by Gasteiger charge is 2.14. The van der Waals surface area contributed by atoms with Gasteiger partial charge in [-0.3, -0.25) is 0 Å². The molecule has 1 aromatic heterocycles. The zero-order valence-electron chi connectivity index (χ0n) is 11.6. The van der Waals surface area contributed by atoms with Gasteiger partial charge >= 0.3 is 0 Å². The van der Waals surface area contributed by atoms with Gasteiger partial charge in [0, 0.05) is 5.56 Å². The molecule has 0 radical (unpaired) electrons. The van der Waals surface area contributed by atoms with Gasteiger partial charge in [0.2, 0.25) is 0 Å². The summed E-state index contributed by atoms with van der Waals surface area (Å²) in [4.78, 5) is 7.28. The number of H-pyrrole nitrogens is 1. The standard InChI is InChI=1S/C16H15F2N3/c1-19-9-8-10-4-2-3-5-11(10)16-20-13-7-6-12(17)14(18)15(13)21-16/h2-7,19H,8-9H2,1H3,(H,20,21). The lowest BCUT2D eigenvalue weighted by Crippen LogP contribution is -2.10. The van der Waals surface area contributed by atoms with Gasteiger partial charge in [0.15, 0.2) is 11.6 Å². The summed E-state index contributed by atoms with van der Waals surface area (Å²) >= 11 is 0. The summed E-state index contributed by atoms with van der Waals surface area (Å²) in [5.74, 6) is -1.24. The Hall–Kier alpha value is -2.27.